The molecule has 0 spiro atoms. The first-order valence-electron chi connectivity index (χ1n) is 14.2. The SMILES string of the molecule is O=C(NCc1cc(F)ccc1F)[C@]1(C/C=C/c2ccccc2)N=C(c2ccc(OCCCO)cc2)O[C@@H]1c1ccccc1Br. The molecule has 2 atom stereocenters. The van der Waals surface area contributed by atoms with Crippen LogP contribution in [0.3, 0.4) is 0 Å². The molecule has 0 saturated heterocycles. The van der Waals surface area contributed by atoms with Crippen molar-refractivity contribution < 1.29 is 28.2 Å². The maximum atomic E-state index is 14.5. The first kappa shape index (κ1) is 31.1. The monoisotopic (exact) mass is 660 g/mol. The van der Waals surface area contributed by atoms with E-state index in [1.165, 1.54) is 0 Å². The number of nitrogens with one attached hydrogen (secondary N) is 1. The lowest BCUT2D eigenvalue weighted by molar-refractivity contribution is -0.129. The van der Waals surface area contributed by atoms with Crippen LogP contribution in [0.4, 0.5) is 8.78 Å². The summed E-state index contributed by atoms with van der Waals surface area (Å²) in [5, 5.41) is 11.8. The normalized spacial score (nSPS) is 17.7. The van der Waals surface area contributed by atoms with Gasteiger partial charge in [-0.05, 0) is 54.1 Å². The summed E-state index contributed by atoms with van der Waals surface area (Å²) in [5.41, 5.74) is 0.808. The molecular formula is C35H31BrF2N2O4. The number of rotatable bonds is 12. The first-order valence-corrected chi connectivity index (χ1v) is 15.0. The Balaban J connectivity index is 1.54. The number of amides is 1. The molecule has 0 fully saturated rings. The molecule has 4 aromatic rings. The van der Waals surface area contributed by atoms with Crippen molar-refractivity contribution in [2.24, 2.45) is 4.99 Å². The van der Waals surface area contributed by atoms with Crippen LogP contribution in [0.1, 0.15) is 41.2 Å². The molecule has 9 heteroatoms. The second kappa shape index (κ2) is 14.4. The van der Waals surface area contributed by atoms with Gasteiger partial charge in [-0.1, -0.05) is 76.6 Å². The molecule has 226 valence electrons. The zero-order valence-corrected chi connectivity index (χ0v) is 25.3. The van der Waals surface area contributed by atoms with Crippen LogP contribution in [0, 0.1) is 11.6 Å². The second-order valence-corrected chi connectivity index (χ2v) is 11.1. The lowest BCUT2D eigenvalue weighted by atomic mass is 9.84. The predicted octanol–water partition coefficient (Wildman–Crippen LogP) is 7.17. The number of hydrogen-bond acceptors (Lipinski definition) is 5. The van der Waals surface area contributed by atoms with Gasteiger partial charge >= 0.3 is 0 Å². The number of carbonyl (C=O) groups excluding carboxylic acids is 1. The van der Waals surface area contributed by atoms with Crippen molar-refractivity contribution in [3.63, 3.8) is 0 Å². The molecule has 4 aromatic carbocycles. The molecule has 1 heterocycles. The summed E-state index contributed by atoms with van der Waals surface area (Å²) in [6, 6.07) is 27.4. The van der Waals surface area contributed by atoms with Gasteiger partial charge < -0.3 is 19.9 Å². The molecule has 0 aromatic heterocycles. The van der Waals surface area contributed by atoms with E-state index in [-0.39, 0.29) is 31.0 Å². The highest BCUT2D eigenvalue weighted by atomic mass is 79.9. The van der Waals surface area contributed by atoms with Gasteiger partial charge in [-0.3, -0.25) is 4.79 Å². The van der Waals surface area contributed by atoms with Crippen molar-refractivity contribution >= 4 is 33.8 Å². The molecule has 0 unspecified atom stereocenters. The van der Waals surface area contributed by atoms with Crippen molar-refractivity contribution in [3.05, 3.63) is 141 Å². The smallest absolute Gasteiger partial charge is 0.252 e. The van der Waals surface area contributed by atoms with Crippen LogP contribution in [0.5, 0.6) is 5.75 Å². The van der Waals surface area contributed by atoms with E-state index < -0.39 is 29.2 Å². The molecule has 0 aliphatic carbocycles. The molecule has 1 aliphatic rings. The van der Waals surface area contributed by atoms with Gasteiger partial charge in [-0.15, -0.1) is 0 Å². The summed E-state index contributed by atoms with van der Waals surface area (Å²) in [7, 11) is 0. The predicted molar refractivity (Wildman–Crippen MR) is 169 cm³/mol. The number of hydrogen-bond donors (Lipinski definition) is 2. The Morgan fingerprint density at radius 2 is 1.77 bits per heavy atom. The quantitative estimate of drug-likeness (QED) is 0.158. The Labute approximate surface area is 263 Å². The van der Waals surface area contributed by atoms with Crippen LogP contribution >= 0.6 is 15.9 Å². The third-order valence-corrected chi connectivity index (χ3v) is 7.93. The highest BCUT2D eigenvalue weighted by Crippen LogP contribution is 2.45. The van der Waals surface area contributed by atoms with Crippen molar-refractivity contribution in [2.75, 3.05) is 13.2 Å². The Morgan fingerprint density at radius 3 is 2.52 bits per heavy atom. The van der Waals surface area contributed by atoms with Crippen molar-refractivity contribution in [1.29, 1.82) is 0 Å². The van der Waals surface area contributed by atoms with Gasteiger partial charge in [0, 0.05) is 47.2 Å². The number of aliphatic hydroxyl groups is 1. The Bertz CT molecular complexity index is 1650. The van der Waals surface area contributed by atoms with E-state index in [1.807, 2.05) is 66.7 Å². The van der Waals surface area contributed by atoms with Crippen molar-refractivity contribution in [2.45, 2.75) is 31.0 Å². The minimum absolute atomic E-state index is 0.0191. The fourth-order valence-electron chi connectivity index (χ4n) is 4.93. The van der Waals surface area contributed by atoms with E-state index in [2.05, 4.69) is 21.2 Å². The van der Waals surface area contributed by atoms with E-state index in [1.54, 1.807) is 24.3 Å². The number of benzene rings is 4. The average molecular weight is 662 g/mol. The molecule has 0 saturated carbocycles. The standard InChI is InChI=1S/C35H31BrF2N2O4/c36-30-12-5-4-11-29(30)32-35(19-6-10-24-8-2-1-3-9-24,34(42)39-23-26-22-27(37)15-18-31(26)38)40-33(44-32)25-13-16-28(17-14-25)43-21-7-20-41/h1-6,8-18,22,32,41H,7,19-21,23H2,(H,39,42)/b10-6+/t32-,35-/m1/s1. The Hall–Kier alpha value is -4.34. The van der Waals surface area contributed by atoms with Crippen LogP contribution in [0.25, 0.3) is 6.08 Å². The van der Waals surface area contributed by atoms with E-state index >= 15 is 0 Å². The van der Waals surface area contributed by atoms with E-state index in [4.69, 9.17) is 19.6 Å². The fourth-order valence-corrected chi connectivity index (χ4v) is 5.42. The summed E-state index contributed by atoms with van der Waals surface area (Å²) in [4.78, 5) is 19.2. The number of ether oxygens (including phenoxy) is 2. The van der Waals surface area contributed by atoms with Gasteiger partial charge in [0.05, 0.1) is 6.61 Å². The highest BCUT2D eigenvalue weighted by Gasteiger charge is 2.53. The van der Waals surface area contributed by atoms with Crippen LogP contribution in [0.15, 0.2) is 113 Å². The van der Waals surface area contributed by atoms with Crippen molar-refractivity contribution in [3.8, 4) is 5.75 Å². The van der Waals surface area contributed by atoms with Gasteiger partial charge in [0.15, 0.2) is 11.6 Å². The highest BCUT2D eigenvalue weighted by molar-refractivity contribution is 9.10. The minimum atomic E-state index is -1.50. The van der Waals surface area contributed by atoms with Gasteiger partial charge in [-0.25, -0.2) is 13.8 Å². The summed E-state index contributed by atoms with van der Waals surface area (Å²) < 4.78 is 41.3. The van der Waals surface area contributed by atoms with E-state index in [0.717, 1.165) is 28.2 Å². The molecule has 0 radical (unpaired) electrons. The molecule has 5 rings (SSSR count). The minimum Gasteiger partial charge on any atom is -0.494 e. The zero-order valence-electron chi connectivity index (χ0n) is 23.8. The topological polar surface area (TPSA) is 80.2 Å². The molecule has 1 amide bonds. The third kappa shape index (κ3) is 7.23. The maximum Gasteiger partial charge on any atom is 0.252 e. The molecule has 44 heavy (non-hydrogen) atoms. The largest absolute Gasteiger partial charge is 0.494 e. The average Bonchev–Trinajstić information content (AvgIpc) is 3.43. The number of aliphatic hydroxyl groups excluding tert-OH is 1. The van der Waals surface area contributed by atoms with Crippen LogP contribution in [-0.2, 0) is 16.1 Å². The lowest BCUT2D eigenvalue weighted by Crippen LogP contribution is -2.48. The third-order valence-electron chi connectivity index (χ3n) is 7.20. The number of nitrogens with zero attached hydrogens (tertiary/aromatic N) is 1. The van der Waals surface area contributed by atoms with Crippen molar-refractivity contribution in [1.82, 2.24) is 5.32 Å². The first-order chi connectivity index (χ1) is 21.4. The van der Waals surface area contributed by atoms with Gasteiger partial charge in [-0.2, -0.15) is 0 Å². The van der Waals surface area contributed by atoms with Crippen LogP contribution < -0.4 is 10.1 Å². The summed E-state index contributed by atoms with van der Waals surface area (Å²) in [6.07, 6.45) is 3.59. The van der Waals surface area contributed by atoms with Gasteiger partial charge in [0.25, 0.3) is 5.91 Å². The second-order valence-electron chi connectivity index (χ2n) is 10.2. The van der Waals surface area contributed by atoms with E-state index in [9.17, 15) is 13.6 Å². The Kier molecular flexibility index (Phi) is 10.2. The number of aliphatic imine (C=N–C) groups is 1. The van der Waals surface area contributed by atoms with Gasteiger partial charge in [0.1, 0.15) is 17.4 Å². The number of halogens is 3. The van der Waals surface area contributed by atoms with Crippen LogP contribution in [0.2, 0.25) is 0 Å². The molecule has 0 bridgehead atoms. The zero-order chi connectivity index (χ0) is 30.9. The molecule has 6 nitrogen and oxygen atoms in total. The van der Waals surface area contributed by atoms with Gasteiger partial charge in [0.2, 0.25) is 5.90 Å². The number of carbonyl (C=O) groups is 1. The Morgan fingerprint density at radius 1 is 1.02 bits per heavy atom. The lowest BCUT2D eigenvalue weighted by Gasteiger charge is -2.30. The van der Waals surface area contributed by atoms with E-state index in [0.29, 0.717) is 29.9 Å². The summed E-state index contributed by atoms with van der Waals surface area (Å²) >= 11 is 3.61. The summed E-state index contributed by atoms with van der Waals surface area (Å²) in [5.74, 6) is -0.850. The molecule has 2 N–H and O–H groups in total. The summed E-state index contributed by atoms with van der Waals surface area (Å²) in [6.45, 7) is 0.175. The molecule has 1 aliphatic heterocycles. The van der Waals surface area contributed by atoms with Crippen LogP contribution in [-0.4, -0.2) is 35.7 Å². The fraction of sp³-hybridized carbons (Fsp3) is 0.200. The maximum absolute atomic E-state index is 14.5. The molecular weight excluding hydrogens is 630 g/mol.